The van der Waals surface area contributed by atoms with E-state index in [4.69, 9.17) is 5.73 Å². The van der Waals surface area contributed by atoms with Gasteiger partial charge in [0, 0.05) is 29.3 Å². The van der Waals surface area contributed by atoms with Gasteiger partial charge in [-0.1, -0.05) is 36.3 Å². The molecule has 0 aliphatic heterocycles. The van der Waals surface area contributed by atoms with E-state index in [9.17, 15) is 9.59 Å². The van der Waals surface area contributed by atoms with Gasteiger partial charge in [-0.15, -0.1) is 5.10 Å². The van der Waals surface area contributed by atoms with Crippen LogP contribution in [0, 0.1) is 11.2 Å². The smallest absolute Gasteiger partial charge is 0.264 e. The van der Waals surface area contributed by atoms with Crippen LogP contribution in [-0.4, -0.2) is 43.8 Å². The van der Waals surface area contributed by atoms with Crippen molar-refractivity contribution in [2.45, 2.75) is 6.54 Å². The molecule has 0 aliphatic carbocycles. The Morgan fingerprint density at radius 3 is 2.62 bits per heavy atom. The average Bonchev–Trinajstić information content (AvgIpc) is 3.21. The van der Waals surface area contributed by atoms with E-state index in [1.165, 1.54) is 4.52 Å². The first-order valence-electron chi connectivity index (χ1n) is 11.5. The standard InChI is InChI=1S/C28H26N6O2S/c1-37(2,3)16-13-19-9-7-10-20-17-22(34(28(36)23(19)20)21-11-5-4-6-12-21)18-31-27(35)24-25(29)32-33-15-8-14-30-26(24)33/h4-12,14-15,17H,18H2,1-3H3,(H2,29,32)(H,31,35). The van der Waals surface area contributed by atoms with E-state index in [0.29, 0.717) is 28.0 Å². The highest BCUT2D eigenvalue weighted by Gasteiger charge is 2.20. The molecule has 0 radical (unpaired) electrons. The van der Waals surface area contributed by atoms with Gasteiger partial charge in [0.15, 0.2) is 11.5 Å². The van der Waals surface area contributed by atoms with Gasteiger partial charge in [0.1, 0.15) is 5.56 Å². The minimum atomic E-state index is -1.07. The summed E-state index contributed by atoms with van der Waals surface area (Å²) in [6.45, 7) is 0.0879. The molecule has 5 aromatic rings. The second-order valence-electron chi connectivity index (χ2n) is 9.28. The van der Waals surface area contributed by atoms with Crippen LogP contribution in [0.1, 0.15) is 21.6 Å². The molecule has 1 amide bonds. The lowest BCUT2D eigenvalue weighted by Gasteiger charge is -2.17. The molecule has 5 rings (SSSR count). The van der Waals surface area contributed by atoms with Crippen LogP contribution in [0.25, 0.3) is 22.1 Å². The number of anilines is 1. The molecular weight excluding hydrogens is 484 g/mol. The molecule has 3 N–H and O–H groups in total. The Morgan fingerprint density at radius 2 is 1.86 bits per heavy atom. The van der Waals surface area contributed by atoms with Crippen molar-refractivity contribution >= 4 is 38.2 Å². The maximum absolute atomic E-state index is 13.9. The van der Waals surface area contributed by atoms with E-state index < -0.39 is 15.9 Å². The summed E-state index contributed by atoms with van der Waals surface area (Å²) >= 11 is 0. The third-order valence-corrected chi connectivity index (χ3v) is 6.42. The van der Waals surface area contributed by atoms with Crippen molar-refractivity contribution in [3.63, 3.8) is 0 Å². The van der Waals surface area contributed by atoms with Crippen LogP contribution in [0.2, 0.25) is 0 Å². The summed E-state index contributed by atoms with van der Waals surface area (Å²) in [7, 11) is -1.07. The number of nitrogens with zero attached hydrogens (tertiary/aromatic N) is 4. The molecule has 0 saturated heterocycles. The highest BCUT2D eigenvalue weighted by Crippen LogP contribution is 2.32. The van der Waals surface area contributed by atoms with Crippen LogP contribution in [-0.2, 0) is 6.54 Å². The number of nitrogens with one attached hydrogen (secondary N) is 1. The monoisotopic (exact) mass is 510 g/mol. The molecule has 37 heavy (non-hydrogen) atoms. The fraction of sp³-hybridized carbons (Fsp3) is 0.143. The van der Waals surface area contributed by atoms with E-state index >= 15 is 0 Å². The maximum Gasteiger partial charge on any atom is 0.264 e. The molecule has 0 atom stereocenters. The van der Waals surface area contributed by atoms with Crippen molar-refractivity contribution in [2.75, 3.05) is 24.5 Å². The number of nitrogens with two attached hydrogens (primary N) is 1. The number of hydrogen-bond acceptors (Lipinski definition) is 5. The summed E-state index contributed by atoms with van der Waals surface area (Å²) in [6.07, 6.45) is 9.58. The van der Waals surface area contributed by atoms with Gasteiger partial charge in [0.05, 0.1) is 11.9 Å². The van der Waals surface area contributed by atoms with Crippen molar-refractivity contribution in [2.24, 2.45) is 0 Å². The SMILES string of the molecule is CS(C)(C)C#Cc1cccc2cc(CNC(=O)c3c(N)nn4cccnc34)n(-c3ccccc3)c(=O)c12. The van der Waals surface area contributed by atoms with Gasteiger partial charge in [0.2, 0.25) is 0 Å². The number of amides is 1. The van der Waals surface area contributed by atoms with Crippen molar-refractivity contribution in [3.8, 4) is 16.9 Å². The highest BCUT2D eigenvalue weighted by atomic mass is 32.3. The van der Waals surface area contributed by atoms with Crippen molar-refractivity contribution in [3.05, 3.63) is 100 Å². The summed E-state index contributed by atoms with van der Waals surface area (Å²) in [5.74, 6) is 2.89. The Bertz CT molecular complexity index is 1770. The Hall–Kier alpha value is -4.55. The molecule has 0 unspecified atom stereocenters. The number of nitrogen functional groups attached to an aromatic ring is 1. The lowest BCUT2D eigenvalue weighted by molar-refractivity contribution is 0.0952. The number of para-hydroxylation sites is 1. The molecule has 9 heteroatoms. The third-order valence-electron chi connectivity index (χ3n) is 5.71. The lowest BCUT2D eigenvalue weighted by Crippen LogP contribution is -2.29. The first kappa shape index (κ1) is 24.2. The Labute approximate surface area is 215 Å². The molecule has 0 aliphatic rings. The molecular formula is C28H26N6O2S. The number of aromatic nitrogens is 4. The van der Waals surface area contributed by atoms with Crippen LogP contribution in [0.5, 0.6) is 0 Å². The molecule has 0 bridgehead atoms. The predicted molar refractivity (Wildman–Crippen MR) is 150 cm³/mol. The molecule has 186 valence electrons. The van der Waals surface area contributed by atoms with E-state index in [0.717, 1.165) is 5.39 Å². The van der Waals surface area contributed by atoms with E-state index in [2.05, 4.69) is 45.3 Å². The Kier molecular flexibility index (Phi) is 6.19. The molecule has 3 aromatic heterocycles. The van der Waals surface area contributed by atoms with Crippen LogP contribution in [0.15, 0.2) is 77.9 Å². The van der Waals surface area contributed by atoms with Gasteiger partial charge in [0.25, 0.3) is 11.5 Å². The summed E-state index contributed by atoms with van der Waals surface area (Å²) in [4.78, 5) is 31.3. The highest BCUT2D eigenvalue weighted by molar-refractivity contribution is 8.35. The summed E-state index contributed by atoms with van der Waals surface area (Å²) in [5, 5.41) is 11.7. The van der Waals surface area contributed by atoms with Crippen LogP contribution in [0.3, 0.4) is 0 Å². The molecule has 2 aromatic carbocycles. The minimum Gasteiger partial charge on any atom is -0.381 e. The van der Waals surface area contributed by atoms with Gasteiger partial charge in [-0.3, -0.25) is 14.2 Å². The topological polar surface area (TPSA) is 107 Å². The number of hydrogen-bond donors (Lipinski definition) is 2. The number of pyridine rings is 1. The van der Waals surface area contributed by atoms with Crippen molar-refractivity contribution in [1.82, 2.24) is 24.5 Å². The normalized spacial score (nSPS) is 11.8. The summed E-state index contributed by atoms with van der Waals surface area (Å²) < 4.78 is 3.08. The lowest BCUT2D eigenvalue weighted by atomic mass is 10.1. The fourth-order valence-electron chi connectivity index (χ4n) is 4.10. The predicted octanol–water partition coefficient (Wildman–Crippen LogP) is 3.55. The summed E-state index contributed by atoms with van der Waals surface area (Å²) in [5.41, 5.74) is 8.38. The minimum absolute atomic E-state index is 0.0827. The molecule has 0 fully saturated rings. The van der Waals surface area contributed by atoms with Gasteiger partial charge in [-0.25, -0.2) is 9.50 Å². The molecule has 0 saturated carbocycles. The quantitative estimate of drug-likeness (QED) is 0.360. The maximum atomic E-state index is 13.9. The number of fused-ring (bicyclic) bond motifs is 2. The van der Waals surface area contributed by atoms with Gasteiger partial charge >= 0.3 is 0 Å². The van der Waals surface area contributed by atoms with E-state index in [1.807, 2.05) is 54.6 Å². The Morgan fingerprint density at radius 1 is 1.08 bits per heavy atom. The average molecular weight is 511 g/mol. The van der Waals surface area contributed by atoms with E-state index in [1.54, 1.807) is 23.0 Å². The fourth-order valence-corrected chi connectivity index (χ4v) is 4.51. The third kappa shape index (κ3) is 4.79. The van der Waals surface area contributed by atoms with Gasteiger partial charge in [-0.05, 0) is 59.7 Å². The first-order chi connectivity index (χ1) is 17.7. The molecule has 3 heterocycles. The number of carbonyl (C=O) groups is 1. The van der Waals surface area contributed by atoms with Crippen molar-refractivity contribution < 1.29 is 4.79 Å². The second-order valence-corrected chi connectivity index (χ2v) is 13.2. The molecule has 8 nitrogen and oxygen atoms in total. The number of carbonyl (C=O) groups excluding carboxylic acids is 1. The summed E-state index contributed by atoms with van der Waals surface area (Å²) in [6, 6.07) is 18.6. The first-order valence-corrected chi connectivity index (χ1v) is 14.4. The largest absolute Gasteiger partial charge is 0.381 e. The Balaban J connectivity index is 1.61. The van der Waals surface area contributed by atoms with Gasteiger partial charge in [-0.2, -0.15) is 10.0 Å². The number of rotatable bonds is 4. The number of benzene rings is 2. The zero-order valence-electron chi connectivity index (χ0n) is 20.7. The van der Waals surface area contributed by atoms with Crippen LogP contribution >= 0.6 is 10.0 Å². The van der Waals surface area contributed by atoms with Crippen LogP contribution < -0.4 is 16.6 Å². The van der Waals surface area contributed by atoms with Crippen molar-refractivity contribution in [1.29, 1.82) is 0 Å². The van der Waals surface area contributed by atoms with Gasteiger partial charge < -0.3 is 11.1 Å². The van der Waals surface area contributed by atoms with Crippen LogP contribution in [0.4, 0.5) is 5.82 Å². The molecule has 0 spiro atoms. The zero-order valence-corrected chi connectivity index (χ0v) is 21.5. The zero-order chi connectivity index (χ0) is 26.2. The van der Waals surface area contributed by atoms with E-state index in [-0.39, 0.29) is 23.5 Å². The second kappa shape index (κ2) is 9.48.